The largest absolute Gasteiger partial charge is 0.396 e. The molecule has 0 bridgehead atoms. The lowest BCUT2D eigenvalue weighted by atomic mass is 9.94. The molecule has 0 radical (unpaired) electrons. The number of hydrogen-bond donors (Lipinski definition) is 4. The number of H-pyrrole nitrogens is 1. The fraction of sp³-hybridized carbons (Fsp3) is 0.692. The van der Waals surface area contributed by atoms with Crippen molar-refractivity contribution >= 4 is 11.6 Å². The molecule has 0 saturated heterocycles. The van der Waals surface area contributed by atoms with Crippen LogP contribution < -0.4 is 11.1 Å². The Morgan fingerprint density at radius 1 is 1.58 bits per heavy atom. The van der Waals surface area contributed by atoms with E-state index in [4.69, 9.17) is 10.8 Å². The molecule has 0 aliphatic heterocycles. The van der Waals surface area contributed by atoms with Gasteiger partial charge in [0.25, 0.3) is 5.91 Å². The lowest BCUT2D eigenvalue weighted by Gasteiger charge is -2.28. The van der Waals surface area contributed by atoms with Gasteiger partial charge in [-0.05, 0) is 25.7 Å². The summed E-state index contributed by atoms with van der Waals surface area (Å²) in [5.41, 5.74) is 6.88. The van der Waals surface area contributed by atoms with Crippen LogP contribution in [-0.2, 0) is 0 Å². The van der Waals surface area contributed by atoms with Gasteiger partial charge in [0.1, 0.15) is 0 Å². The van der Waals surface area contributed by atoms with Gasteiger partial charge in [-0.25, -0.2) is 0 Å². The Morgan fingerprint density at radius 3 is 2.63 bits per heavy atom. The molecule has 0 fully saturated rings. The van der Waals surface area contributed by atoms with Crippen molar-refractivity contribution in [1.29, 1.82) is 0 Å². The van der Waals surface area contributed by atoms with E-state index in [1.54, 1.807) is 0 Å². The fourth-order valence-electron chi connectivity index (χ4n) is 1.89. The van der Waals surface area contributed by atoms with E-state index in [0.29, 0.717) is 12.1 Å². The predicted molar refractivity (Wildman–Crippen MR) is 75.0 cm³/mol. The molecule has 108 valence electrons. The highest BCUT2D eigenvalue weighted by atomic mass is 16.3. The number of carbonyl (C=O) groups excluding carboxylic acids is 1. The molecule has 6 heteroatoms. The molecule has 1 amide bonds. The van der Waals surface area contributed by atoms with Crippen molar-refractivity contribution in [3.8, 4) is 0 Å². The van der Waals surface area contributed by atoms with E-state index in [-0.39, 0.29) is 24.1 Å². The van der Waals surface area contributed by atoms with Gasteiger partial charge in [-0.1, -0.05) is 20.8 Å². The summed E-state index contributed by atoms with van der Waals surface area (Å²) in [6.07, 6.45) is 1.22. The predicted octanol–water partition coefficient (Wildman–Crippen LogP) is 1.40. The van der Waals surface area contributed by atoms with E-state index in [0.717, 1.165) is 12.1 Å². The number of rotatable bonds is 6. The maximum absolute atomic E-state index is 12.2. The van der Waals surface area contributed by atoms with Crippen molar-refractivity contribution in [3.05, 3.63) is 11.4 Å². The van der Waals surface area contributed by atoms with Gasteiger partial charge >= 0.3 is 0 Å². The Kier molecular flexibility index (Phi) is 4.94. The maximum Gasteiger partial charge on any atom is 0.274 e. The molecule has 1 aromatic heterocycles. The molecule has 1 heterocycles. The molecule has 0 aliphatic carbocycles. The van der Waals surface area contributed by atoms with Crippen LogP contribution in [0.2, 0.25) is 0 Å². The first-order valence-electron chi connectivity index (χ1n) is 6.61. The molecule has 1 atom stereocenters. The average Bonchev–Trinajstić information content (AvgIpc) is 2.71. The normalized spacial score (nSPS) is 14.4. The minimum absolute atomic E-state index is 0.0257. The van der Waals surface area contributed by atoms with Crippen molar-refractivity contribution in [2.24, 2.45) is 0 Å². The second kappa shape index (κ2) is 6.06. The minimum Gasteiger partial charge on any atom is -0.396 e. The monoisotopic (exact) mass is 268 g/mol. The van der Waals surface area contributed by atoms with Crippen LogP contribution >= 0.6 is 0 Å². The lowest BCUT2D eigenvalue weighted by Crippen LogP contribution is -2.46. The first kappa shape index (κ1) is 15.5. The fourth-order valence-corrected chi connectivity index (χ4v) is 1.89. The third-order valence-corrected chi connectivity index (χ3v) is 3.49. The summed E-state index contributed by atoms with van der Waals surface area (Å²) in [6, 6.07) is 0. The summed E-state index contributed by atoms with van der Waals surface area (Å²) in [4.78, 5) is 12.2. The Labute approximate surface area is 113 Å². The summed E-state index contributed by atoms with van der Waals surface area (Å²) < 4.78 is 0. The number of aliphatic hydroxyl groups excluding tert-OH is 1. The van der Waals surface area contributed by atoms with Gasteiger partial charge in [0.05, 0.1) is 11.4 Å². The van der Waals surface area contributed by atoms with Crippen LogP contribution in [0.4, 0.5) is 5.69 Å². The smallest absolute Gasteiger partial charge is 0.274 e. The summed E-state index contributed by atoms with van der Waals surface area (Å²) >= 11 is 0. The van der Waals surface area contributed by atoms with Crippen LogP contribution in [0.1, 0.15) is 62.6 Å². The van der Waals surface area contributed by atoms with Crippen molar-refractivity contribution in [1.82, 2.24) is 15.5 Å². The molecular weight excluding hydrogens is 244 g/mol. The van der Waals surface area contributed by atoms with E-state index in [2.05, 4.69) is 15.5 Å². The summed E-state index contributed by atoms with van der Waals surface area (Å²) in [7, 11) is 0. The number of nitrogens with one attached hydrogen (secondary N) is 2. The number of aromatic amines is 1. The summed E-state index contributed by atoms with van der Waals surface area (Å²) in [5, 5.41) is 18.7. The summed E-state index contributed by atoms with van der Waals surface area (Å²) in [6.45, 7) is 7.84. The molecule has 0 spiro atoms. The maximum atomic E-state index is 12.2. The average molecular weight is 268 g/mol. The first-order valence-corrected chi connectivity index (χ1v) is 6.61. The van der Waals surface area contributed by atoms with E-state index >= 15 is 0 Å². The topological polar surface area (TPSA) is 104 Å². The first-order chi connectivity index (χ1) is 8.84. The lowest BCUT2D eigenvalue weighted by molar-refractivity contribution is 0.0882. The molecule has 0 saturated carbocycles. The van der Waals surface area contributed by atoms with Crippen molar-refractivity contribution in [2.75, 3.05) is 12.3 Å². The van der Waals surface area contributed by atoms with E-state index in [1.165, 1.54) is 0 Å². The molecule has 6 nitrogen and oxygen atoms in total. The Morgan fingerprint density at radius 2 is 2.21 bits per heavy atom. The zero-order chi connectivity index (χ0) is 14.6. The van der Waals surface area contributed by atoms with Crippen LogP contribution in [-0.4, -0.2) is 33.4 Å². The van der Waals surface area contributed by atoms with Gasteiger partial charge in [0, 0.05) is 12.1 Å². The molecule has 1 unspecified atom stereocenters. The van der Waals surface area contributed by atoms with E-state index in [9.17, 15) is 4.79 Å². The highest BCUT2D eigenvalue weighted by Gasteiger charge is 2.27. The van der Waals surface area contributed by atoms with Crippen molar-refractivity contribution in [3.63, 3.8) is 0 Å². The van der Waals surface area contributed by atoms with Crippen molar-refractivity contribution < 1.29 is 9.90 Å². The van der Waals surface area contributed by atoms with Crippen LogP contribution in [0.15, 0.2) is 0 Å². The number of anilines is 1. The molecule has 1 aromatic rings. The molecule has 1 rings (SSSR count). The van der Waals surface area contributed by atoms with Gasteiger partial charge in [-0.3, -0.25) is 9.89 Å². The number of aromatic nitrogens is 2. The molecule has 0 aliphatic rings. The standard InChI is InChI=1S/C13H24N4O2/c1-5-13(4,6-7-18)15-12(19)11-9(14)10(8(2)3)16-17-11/h8,18H,5-7,14H2,1-4H3,(H,15,19)(H,16,17). The number of aliphatic hydroxyl groups is 1. The van der Waals surface area contributed by atoms with Gasteiger partial charge in [-0.2, -0.15) is 5.10 Å². The van der Waals surface area contributed by atoms with Gasteiger partial charge in [-0.15, -0.1) is 0 Å². The van der Waals surface area contributed by atoms with E-state index < -0.39 is 5.54 Å². The number of amides is 1. The third kappa shape index (κ3) is 3.47. The molecule has 19 heavy (non-hydrogen) atoms. The molecule has 5 N–H and O–H groups in total. The highest BCUT2D eigenvalue weighted by Crippen LogP contribution is 2.23. The van der Waals surface area contributed by atoms with Gasteiger partial charge in [0.15, 0.2) is 5.69 Å². The second-order valence-corrected chi connectivity index (χ2v) is 5.40. The number of nitrogen functional groups attached to an aromatic ring is 1. The molecular formula is C13H24N4O2. The highest BCUT2D eigenvalue weighted by molar-refractivity contribution is 5.98. The number of nitrogens with zero attached hydrogens (tertiary/aromatic N) is 1. The van der Waals surface area contributed by atoms with Crippen LogP contribution in [0.25, 0.3) is 0 Å². The zero-order valence-corrected chi connectivity index (χ0v) is 12.1. The summed E-state index contributed by atoms with van der Waals surface area (Å²) in [5.74, 6) is -0.123. The Bertz CT molecular complexity index is 442. The molecule has 0 aromatic carbocycles. The Hall–Kier alpha value is -1.56. The Balaban J connectivity index is 2.89. The van der Waals surface area contributed by atoms with Crippen LogP contribution in [0.3, 0.4) is 0 Å². The van der Waals surface area contributed by atoms with Gasteiger partial charge < -0.3 is 16.2 Å². The van der Waals surface area contributed by atoms with Crippen LogP contribution in [0.5, 0.6) is 0 Å². The number of nitrogens with two attached hydrogens (primary N) is 1. The van der Waals surface area contributed by atoms with Crippen LogP contribution in [0, 0.1) is 0 Å². The number of hydrogen-bond acceptors (Lipinski definition) is 4. The van der Waals surface area contributed by atoms with Gasteiger partial charge in [0.2, 0.25) is 0 Å². The van der Waals surface area contributed by atoms with E-state index in [1.807, 2.05) is 27.7 Å². The zero-order valence-electron chi connectivity index (χ0n) is 12.1. The SMILES string of the molecule is CCC(C)(CCO)NC(=O)c1n[nH]c(C(C)C)c1N. The van der Waals surface area contributed by atoms with Crippen molar-refractivity contribution in [2.45, 2.75) is 52.0 Å². The minimum atomic E-state index is -0.449. The third-order valence-electron chi connectivity index (χ3n) is 3.49. The quantitative estimate of drug-likeness (QED) is 0.626. The second-order valence-electron chi connectivity index (χ2n) is 5.40. The number of carbonyl (C=O) groups is 1.